The van der Waals surface area contributed by atoms with E-state index in [1.165, 1.54) is 154 Å². The Morgan fingerprint density at radius 3 is 0.400 bits per heavy atom. The predicted octanol–water partition coefficient (Wildman–Crippen LogP) is 17.7. The summed E-state index contributed by atoms with van der Waals surface area (Å²) in [4.78, 5) is 0. The second kappa shape index (κ2) is 38.0. The van der Waals surface area contributed by atoms with Gasteiger partial charge in [-0.25, -0.2) is 0 Å². The minimum atomic E-state index is -2.41. The van der Waals surface area contributed by atoms with Crippen molar-refractivity contribution in [2.75, 3.05) is 0 Å². The van der Waals surface area contributed by atoms with Gasteiger partial charge in [-0.2, -0.15) is 0 Å². The molecule has 0 saturated heterocycles. The Kier molecular flexibility index (Phi) is 36.2. The van der Waals surface area contributed by atoms with E-state index in [-0.39, 0.29) is 48.8 Å². The third-order valence-electron chi connectivity index (χ3n) is 14.6. The van der Waals surface area contributed by atoms with E-state index in [1.807, 2.05) is 0 Å². The van der Waals surface area contributed by atoms with Crippen molar-refractivity contribution in [2.24, 2.45) is 0 Å². The van der Waals surface area contributed by atoms with Crippen LogP contribution in [0.4, 0.5) is 0 Å². The Morgan fingerprint density at radius 2 is 0.314 bits per heavy atom. The van der Waals surface area contributed by atoms with Crippen LogP contribution in [-0.2, 0) is 156 Å². The van der Waals surface area contributed by atoms with Gasteiger partial charge in [-0.3, -0.25) is 0 Å². The summed E-state index contributed by atoms with van der Waals surface area (Å²) in [5, 5.41) is 0. The summed E-state index contributed by atoms with van der Waals surface area (Å²) < 4.78 is 55.5. The average molecular weight is 1290 g/mol. The molecule has 8 rings (SSSR count). The van der Waals surface area contributed by atoms with Crippen LogP contribution in [-0.4, -0.2) is 48.8 Å². The summed E-state index contributed by atoms with van der Waals surface area (Å²) in [6.45, 7) is 0. The van der Waals surface area contributed by atoms with Gasteiger partial charge in [0.15, 0.2) is 0 Å². The van der Waals surface area contributed by atoms with E-state index in [0.29, 0.717) is 19.8 Å². The maximum absolute atomic E-state index is 8.26. The molecule has 0 aromatic rings. The van der Waals surface area contributed by atoms with Crippen molar-refractivity contribution in [2.45, 2.75) is 306 Å². The van der Waals surface area contributed by atoms with Crippen molar-refractivity contribution in [1.29, 1.82) is 0 Å². The Morgan fingerprint density at radius 1 is 0.229 bits per heavy atom. The van der Waals surface area contributed by atoms with Gasteiger partial charge in [0.25, 0.3) is 0 Å². The maximum atomic E-state index is 8.26. The third-order valence-corrected chi connectivity index (χ3v) is 23.2. The van der Waals surface area contributed by atoms with Crippen molar-refractivity contribution in [3.63, 3.8) is 0 Å². The zero-order chi connectivity index (χ0) is 50.6. The standard InChI is InChI=1S/4C12H23O2PS2.Mo.O/c4*16-15(17,13-11-7-3-1-4-8-11)14-12-9-5-2-6-10-12;;/h4*11-12H,1-10H2,(H,16,17);;/q;;;;+4;/p-4. The van der Waals surface area contributed by atoms with Crippen LogP contribution in [0.25, 0.3) is 0 Å². The van der Waals surface area contributed by atoms with Gasteiger partial charge in [0, 0.05) is 0 Å². The first kappa shape index (κ1) is 66.7. The van der Waals surface area contributed by atoms with E-state index < -0.39 is 22.8 Å². The Hall–Kier alpha value is 4.17. The molecule has 8 fully saturated rings. The van der Waals surface area contributed by atoms with Crippen LogP contribution < -0.4 is 0 Å². The molecule has 0 spiro atoms. The summed E-state index contributed by atoms with van der Waals surface area (Å²) in [6, 6.07) is 0. The van der Waals surface area contributed by atoms with Gasteiger partial charge in [0.05, 0.1) is 71.6 Å². The molecule has 8 aliphatic rings. The molecule has 0 N–H and O–H groups in total. The van der Waals surface area contributed by atoms with Gasteiger partial charge in [-0.15, -0.1) is 0 Å². The van der Waals surface area contributed by atoms with Crippen LogP contribution in [0.1, 0.15) is 257 Å². The van der Waals surface area contributed by atoms with Crippen molar-refractivity contribution in [1.82, 2.24) is 0 Å². The fourth-order valence-corrected chi connectivity index (χ4v) is 21.6. The van der Waals surface area contributed by atoms with Gasteiger partial charge < -0.3 is 85.2 Å². The van der Waals surface area contributed by atoms with Gasteiger partial charge >= 0.3 is 23.2 Å². The number of hydrogen-bond acceptors (Lipinski definition) is 17. The Balaban J connectivity index is 0.000000200. The topological polar surface area (TPSA) is 90.9 Å². The van der Waals surface area contributed by atoms with Crippen LogP contribution >= 0.6 is 22.8 Å². The summed E-state index contributed by atoms with van der Waals surface area (Å²) >= 11 is 43.8. The molecule has 0 heterocycles. The molecule has 22 heteroatoms. The van der Waals surface area contributed by atoms with Crippen LogP contribution in [0.3, 0.4) is 0 Å². The predicted molar refractivity (Wildman–Crippen MR) is 311 cm³/mol. The Labute approximate surface area is 479 Å². The third kappa shape index (κ3) is 31.2. The quantitative estimate of drug-likeness (QED) is 0.0833. The first-order valence-corrected chi connectivity index (χ1v) is 42.9. The van der Waals surface area contributed by atoms with E-state index in [4.69, 9.17) is 136 Å². The van der Waals surface area contributed by atoms with E-state index in [0.717, 1.165) is 103 Å². The van der Waals surface area contributed by atoms with Gasteiger partial charge in [0.1, 0.15) is 0 Å². The molecule has 8 saturated carbocycles. The van der Waals surface area contributed by atoms with Crippen LogP contribution in [0.5, 0.6) is 0 Å². The average Bonchev–Trinajstić information content (AvgIpc) is 3.34. The fourth-order valence-electron chi connectivity index (χ4n) is 10.9. The summed E-state index contributed by atoms with van der Waals surface area (Å²) in [5.74, 6) is 0. The number of rotatable bonds is 16. The van der Waals surface area contributed by atoms with Crippen LogP contribution in [0.2, 0.25) is 0 Å². The molecule has 0 atom stereocenters. The molecule has 0 unspecified atom stereocenters. The Bertz CT molecular complexity index is 1250. The van der Waals surface area contributed by atoms with E-state index in [1.54, 1.807) is 0 Å². The molecule has 9 nitrogen and oxygen atoms in total. The molecule has 8 aliphatic carbocycles. The first-order valence-electron chi connectivity index (χ1n) is 27.5. The van der Waals surface area contributed by atoms with E-state index >= 15 is 0 Å². The van der Waals surface area contributed by atoms with E-state index in [2.05, 4.69) is 0 Å². The molecule has 408 valence electrons. The molecule has 0 aromatic carbocycles. The monoisotopic (exact) mass is 1290 g/mol. The minimum absolute atomic E-state index is 0.274. The summed E-state index contributed by atoms with van der Waals surface area (Å²) in [5.41, 5.74) is -9.65. The van der Waals surface area contributed by atoms with Crippen LogP contribution in [0.15, 0.2) is 0 Å². The van der Waals surface area contributed by atoms with E-state index in [9.17, 15) is 0 Å². The normalized spacial score (nSPS) is 24.4. The molecule has 0 bridgehead atoms. The summed E-state index contributed by atoms with van der Waals surface area (Å²) in [7, 11) is 0. The van der Waals surface area contributed by atoms with Gasteiger partial charge in [-0.1, -0.05) is 201 Å². The van der Waals surface area contributed by atoms with Crippen molar-refractivity contribution < 1.29 is 59.4 Å². The molecule has 0 amide bonds. The van der Waals surface area contributed by atoms with Crippen molar-refractivity contribution in [3.8, 4) is 0 Å². The molecular weight excluding hydrogens is 1200 g/mol. The number of hydrogen-bond donors (Lipinski definition) is 0. The molecule has 0 aliphatic heterocycles. The second-order valence-electron chi connectivity index (χ2n) is 20.7. The molecular formula is C48H88MoO9P4S8. The van der Waals surface area contributed by atoms with Crippen molar-refractivity contribution >= 4 is 119 Å². The second-order valence-corrected chi connectivity index (χ2v) is 40.3. The zero-order valence-electron chi connectivity index (χ0n) is 42.0. The molecule has 0 radical (unpaired) electrons. The zero-order valence-corrected chi connectivity index (χ0v) is 54.2. The fraction of sp³-hybridized carbons (Fsp3) is 1.00. The van der Waals surface area contributed by atoms with Crippen LogP contribution in [0, 0.1) is 0 Å². The first-order chi connectivity index (χ1) is 33.6. The van der Waals surface area contributed by atoms with Gasteiger partial charge in [0.2, 0.25) is 0 Å². The summed E-state index contributed by atoms with van der Waals surface area (Å²) in [6.07, 6.45) is 50.6. The van der Waals surface area contributed by atoms with Gasteiger partial charge in [-0.05, 0) is 103 Å². The molecule has 70 heavy (non-hydrogen) atoms. The SMILES string of the molecule is S=P([S-])(OC1CCCCC1)OC1CCCCC1.S=P([S-])(OC1CCCCC1)OC1CCCCC1.S=P([S-])(OC1CCCCC1)OC1CCCCC1.S=P([S-])(OC1CCCCC1)OC1CCCCC1.[O]=[Mo+4]. The van der Waals surface area contributed by atoms with Crippen molar-refractivity contribution in [3.05, 3.63) is 0 Å². The molecule has 0 aromatic heterocycles.